The van der Waals surface area contributed by atoms with E-state index in [9.17, 15) is 0 Å². The van der Waals surface area contributed by atoms with E-state index in [4.69, 9.17) is 9.47 Å². The third-order valence-corrected chi connectivity index (χ3v) is 3.15. The lowest BCUT2D eigenvalue weighted by molar-refractivity contribution is 0.110. The van der Waals surface area contributed by atoms with Crippen LogP contribution >= 0.6 is 0 Å². The number of hydrogen-bond donors (Lipinski definition) is 1. The van der Waals surface area contributed by atoms with Crippen LogP contribution in [0.5, 0.6) is 5.75 Å². The highest BCUT2D eigenvalue weighted by atomic mass is 16.5. The van der Waals surface area contributed by atoms with Crippen molar-refractivity contribution in [3.63, 3.8) is 0 Å². The molecular weight excluding hydrogens is 214 g/mol. The molecule has 1 aliphatic heterocycles. The van der Waals surface area contributed by atoms with Crippen LogP contribution in [-0.4, -0.2) is 26.4 Å². The fraction of sp³-hybridized carbons (Fsp3) is 0.571. The van der Waals surface area contributed by atoms with Crippen LogP contribution < -0.4 is 10.1 Å². The van der Waals surface area contributed by atoms with Crippen molar-refractivity contribution >= 4 is 0 Å². The van der Waals surface area contributed by atoms with Crippen molar-refractivity contribution in [1.82, 2.24) is 5.32 Å². The topological polar surface area (TPSA) is 30.5 Å². The minimum absolute atomic E-state index is 0.394. The molecule has 1 N–H and O–H groups in total. The van der Waals surface area contributed by atoms with Gasteiger partial charge in [0, 0.05) is 25.3 Å². The van der Waals surface area contributed by atoms with Gasteiger partial charge >= 0.3 is 0 Å². The minimum Gasteiger partial charge on any atom is -0.496 e. The van der Waals surface area contributed by atoms with Crippen LogP contribution in [-0.2, 0) is 11.3 Å². The van der Waals surface area contributed by atoms with Gasteiger partial charge in [-0.1, -0.05) is 17.7 Å². The number of hydrogen-bond acceptors (Lipinski definition) is 3. The van der Waals surface area contributed by atoms with Crippen molar-refractivity contribution in [3.05, 3.63) is 29.3 Å². The molecule has 1 atom stereocenters. The summed E-state index contributed by atoms with van der Waals surface area (Å²) in [6.07, 6.45) is 2.77. The van der Waals surface area contributed by atoms with Gasteiger partial charge in [0.25, 0.3) is 0 Å². The normalized spacial score (nSPS) is 19.5. The van der Waals surface area contributed by atoms with E-state index < -0.39 is 0 Å². The second-order valence-electron chi connectivity index (χ2n) is 4.58. The first kappa shape index (κ1) is 12.4. The van der Waals surface area contributed by atoms with E-state index in [0.29, 0.717) is 6.10 Å². The summed E-state index contributed by atoms with van der Waals surface area (Å²) in [6.45, 7) is 4.78. The van der Waals surface area contributed by atoms with Gasteiger partial charge in [0.2, 0.25) is 0 Å². The van der Waals surface area contributed by atoms with Gasteiger partial charge in [-0.05, 0) is 25.8 Å². The fourth-order valence-corrected chi connectivity index (χ4v) is 2.22. The van der Waals surface area contributed by atoms with Gasteiger partial charge in [-0.25, -0.2) is 0 Å². The average Bonchev–Trinajstić information content (AvgIpc) is 2.82. The average molecular weight is 235 g/mol. The molecule has 0 spiro atoms. The maximum absolute atomic E-state index is 5.58. The van der Waals surface area contributed by atoms with E-state index >= 15 is 0 Å². The maximum Gasteiger partial charge on any atom is 0.123 e. The lowest BCUT2D eigenvalue weighted by Crippen LogP contribution is -2.25. The van der Waals surface area contributed by atoms with Crippen molar-refractivity contribution in [2.24, 2.45) is 0 Å². The number of rotatable bonds is 5. The smallest absolute Gasteiger partial charge is 0.123 e. The third-order valence-electron chi connectivity index (χ3n) is 3.15. The second kappa shape index (κ2) is 6.03. The Balaban J connectivity index is 1.86. The van der Waals surface area contributed by atoms with Gasteiger partial charge in [0.1, 0.15) is 5.75 Å². The summed E-state index contributed by atoms with van der Waals surface area (Å²) in [5.74, 6) is 0.954. The monoisotopic (exact) mass is 235 g/mol. The molecule has 0 aromatic heterocycles. The maximum atomic E-state index is 5.58. The number of methoxy groups -OCH3 is 1. The van der Waals surface area contributed by atoms with Gasteiger partial charge in [-0.15, -0.1) is 0 Å². The summed E-state index contributed by atoms with van der Waals surface area (Å²) in [4.78, 5) is 0. The van der Waals surface area contributed by atoms with Crippen molar-refractivity contribution in [2.45, 2.75) is 32.4 Å². The summed E-state index contributed by atoms with van der Waals surface area (Å²) in [6, 6.07) is 6.27. The Morgan fingerprint density at radius 3 is 3.06 bits per heavy atom. The molecule has 1 aromatic carbocycles. The van der Waals surface area contributed by atoms with E-state index in [1.54, 1.807) is 7.11 Å². The Labute approximate surface area is 103 Å². The van der Waals surface area contributed by atoms with Crippen LogP contribution in [0.2, 0.25) is 0 Å². The standard InChI is InChI=1S/C14H21NO2/c1-11-5-6-14(16-2)12(8-11)9-15-10-13-4-3-7-17-13/h5-6,8,13,15H,3-4,7,9-10H2,1-2H3. The molecule has 2 rings (SSSR count). The highest BCUT2D eigenvalue weighted by Gasteiger charge is 2.14. The van der Waals surface area contributed by atoms with Crippen molar-refractivity contribution in [1.29, 1.82) is 0 Å². The fourth-order valence-electron chi connectivity index (χ4n) is 2.22. The first-order valence-electron chi connectivity index (χ1n) is 6.25. The molecule has 1 fully saturated rings. The molecule has 1 unspecified atom stereocenters. The van der Waals surface area contributed by atoms with Gasteiger partial charge in [0.15, 0.2) is 0 Å². The molecule has 1 heterocycles. The van der Waals surface area contributed by atoms with E-state index in [2.05, 4.69) is 24.4 Å². The van der Waals surface area contributed by atoms with Gasteiger partial charge in [-0.3, -0.25) is 0 Å². The van der Waals surface area contributed by atoms with Crippen LogP contribution in [0.1, 0.15) is 24.0 Å². The second-order valence-corrected chi connectivity index (χ2v) is 4.58. The van der Waals surface area contributed by atoms with Crippen LogP contribution in [0.15, 0.2) is 18.2 Å². The van der Waals surface area contributed by atoms with Crippen molar-refractivity contribution < 1.29 is 9.47 Å². The number of ether oxygens (including phenoxy) is 2. The predicted molar refractivity (Wildman–Crippen MR) is 68.4 cm³/mol. The molecule has 94 valence electrons. The number of aryl methyl sites for hydroxylation is 1. The molecule has 0 bridgehead atoms. The van der Waals surface area contributed by atoms with Crippen LogP contribution in [0.4, 0.5) is 0 Å². The predicted octanol–water partition coefficient (Wildman–Crippen LogP) is 2.27. The molecule has 0 amide bonds. The Morgan fingerprint density at radius 2 is 2.35 bits per heavy atom. The summed E-state index contributed by atoms with van der Waals surface area (Å²) in [7, 11) is 1.72. The lowest BCUT2D eigenvalue weighted by atomic mass is 10.1. The summed E-state index contributed by atoms with van der Waals surface area (Å²) >= 11 is 0. The Bertz CT molecular complexity index is 359. The quantitative estimate of drug-likeness (QED) is 0.849. The number of benzene rings is 1. The van der Waals surface area contributed by atoms with E-state index in [-0.39, 0.29) is 0 Å². The first-order chi connectivity index (χ1) is 8.29. The number of nitrogens with one attached hydrogen (secondary N) is 1. The molecular formula is C14H21NO2. The molecule has 0 saturated carbocycles. The molecule has 17 heavy (non-hydrogen) atoms. The van der Waals surface area contributed by atoms with Crippen molar-refractivity contribution in [3.8, 4) is 5.75 Å². The van der Waals surface area contributed by atoms with Gasteiger partial charge in [0.05, 0.1) is 13.2 Å². The minimum atomic E-state index is 0.394. The zero-order chi connectivity index (χ0) is 12.1. The van der Waals surface area contributed by atoms with Gasteiger partial charge < -0.3 is 14.8 Å². The SMILES string of the molecule is COc1ccc(C)cc1CNCC1CCCO1. The van der Waals surface area contributed by atoms with E-state index in [1.165, 1.54) is 24.0 Å². The summed E-state index contributed by atoms with van der Waals surface area (Å²) in [5.41, 5.74) is 2.48. The van der Waals surface area contributed by atoms with E-state index in [0.717, 1.165) is 25.4 Å². The zero-order valence-corrected chi connectivity index (χ0v) is 10.7. The van der Waals surface area contributed by atoms with E-state index in [1.807, 2.05) is 6.07 Å². The molecule has 1 aliphatic rings. The Morgan fingerprint density at radius 1 is 1.47 bits per heavy atom. The van der Waals surface area contributed by atoms with Crippen LogP contribution in [0.25, 0.3) is 0 Å². The van der Waals surface area contributed by atoms with Crippen LogP contribution in [0.3, 0.4) is 0 Å². The highest BCUT2D eigenvalue weighted by molar-refractivity contribution is 5.36. The molecule has 0 radical (unpaired) electrons. The van der Waals surface area contributed by atoms with Gasteiger partial charge in [-0.2, -0.15) is 0 Å². The summed E-state index contributed by atoms with van der Waals surface area (Å²) in [5, 5.41) is 3.44. The lowest BCUT2D eigenvalue weighted by Gasteiger charge is -2.13. The molecule has 1 aromatic rings. The Kier molecular flexibility index (Phi) is 4.40. The van der Waals surface area contributed by atoms with Crippen LogP contribution in [0, 0.1) is 6.92 Å². The summed E-state index contributed by atoms with van der Waals surface area (Å²) < 4.78 is 10.9. The largest absolute Gasteiger partial charge is 0.496 e. The zero-order valence-electron chi connectivity index (χ0n) is 10.7. The molecule has 0 aliphatic carbocycles. The Hall–Kier alpha value is -1.06. The first-order valence-corrected chi connectivity index (χ1v) is 6.25. The van der Waals surface area contributed by atoms with Crippen molar-refractivity contribution in [2.75, 3.05) is 20.3 Å². The molecule has 3 heteroatoms. The molecule has 1 saturated heterocycles. The third kappa shape index (κ3) is 3.45. The molecule has 3 nitrogen and oxygen atoms in total. The highest BCUT2D eigenvalue weighted by Crippen LogP contribution is 2.19.